The Morgan fingerprint density at radius 3 is 2.28 bits per heavy atom. The summed E-state index contributed by atoms with van der Waals surface area (Å²) in [7, 11) is 0. The lowest BCUT2D eigenvalue weighted by Gasteiger charge is -2.27. The molecule has 0 aliphatic heterocycles. The van der Waals surface area contributed by atoms with E-state index < -0.39 is 36.3 Å². The van der Waals surface area contributed by atoms with Crippen molar-refractivity contribution in [3.63, 3.8) is 0 Å². The summed E-state index contributed by atoms with van der Waals surface area (Å²) in [5, 5.41) is 1.99. The van der Waals surface area contributed by atoms with Gasteiger partial charge in [0.15, 0.2) is 5.76 Å². The van der Waals surface area contributed by atoms with Crippen LogP contribution in [-0.2, 0) is 0 Å². The highest BCUT2D eigenvalue weighted by Crippen LogP contribution is 2.51. The summed E-state index contributed by atoms with van der Waals surface area (Å²) in [5.74, 6) is -0.378. The number of para-hydroxylation sites is 1. The molecule has 0 fully saturated rings. The van der Waals surface area contributed by atoms with Crippen molar-refractivity contribution in [1.29, 1.82) is 0 Å². The molecular formula is C43H26N2O2. The second-order valence-electron chi connectivity index (χ2n) is 11.2. The predicted octanol–water partition coefficient (Wildman–Crippen LogP) is 12.2. The first-order valence-electron chi connectivity index (χ1n) is 20.0. The summed E-state index contributed by atoms with van der Waals surface area (Å²) < 4.78 is 101. The molecule has 220 valence electrons. The van der Waals surface area contributed by atoms with Crippen LogP contribution in [0.5, 0.6) is 0 Å². The summed E-state index contributed by atoms with van der Waals surface area (Å²) in [6, 6.07) is 26.2. The normalized spacial score (nSPS) is 14.8. The van der Waals surface area contributed by atoms with Crippen LogP contribution < -0.4 is 4.90 Å². The molecule has 0 atom stereocenters. The maximum atomic E-state index is 9.93. The number of rotatable bonds is 5. The molecule has 7 aromatic carbocycles. The molecule has 4 heteroatoms. The van der Waals surface area contributed by atoms with E-state index in [0.717, 1.165) is 21.9 Å². The summed E-state index contributed by atoms with van der Waals surface area (Å²) in [4.78, 5) is 6.38. The van der Waals surface area contributed by atoms with Gasteiger partial charge in [0.2, 0.25) is 5.89 Å². The van der Waals surface area contributed by atoms with E-state index in [2.05, 4.69) is 4.98 Å². The second-order valence-corrected chi connectivity index (χ2v) is 11.2. The SMILES string of the molecule is [2H]c1c([2H])c([2H])c(-c2nc3c(o2)-c2c([2H])c([2H])c([2H])c4c([2H])c(N(c5cccc(-c6ccccc6)c5)c5ccc6c(c5)oc5ccccc56)c([2H])c-3c24)c([2H])c1[2H]. The molecule has 0 radical (unpaired) electrons. The Morgan fingerprint density at radius 2 is 1.36 bits per heavy atom. The number of furan rings is 1. The molecule has 4 nitrogen and oxygen atoms in total. The number of anilines is 3. The van der Waals surface area contributed by atoms with Gasteiger partial charge in [0.1, 0.15) is 16.9 Å². The van der Waals surface area contributed by atoms with E-state index in [9.17, 15) is 2.74 Å². The zero-order valence-electron chi connectivity index (χ0n) is 34.4. The zero-order valence-corrected chi connectivity index (χ0v) is 24.4. The molecule has 10 rings (SSSR count). The van der Waals surface area contributed by atoms with Gasteiger partial charge in [-0.25, -0.2) is 4.98 Å². The maximum absolute atomic E-state index is 9.93. The van der Waals surface area contributed by atoms with Gasteiger partial charge in [-0.3, -0.25) is 0 Å². The van der Waals surface area contributed by atoms with Gasteiger partial charge in [0.25, 0.3) is 0 Å². The van der Waals surface area contributed by atoms with Crippen LogP contribution in [0.4, 0.5) is 17.1 Å². The van der Waals surface area contributed by atoms with Crippen molar-refractivity contribution in [2.75, 3.05) is 4.90 Å². The highest BCUT2D eigenvalue weighted by molar-refractivity contribution is 6.15. The fourth-order valence-corrected chi connectivity index (χ4v) is 6.38. The average Bonchev–Trinajstić information content (AvgIpc) is 3.90. The Kier molecular flexibility index (Phi) is 3.84. The van der Waals surface area contributed by atoms with Gasteiger partial charge in [-0.15, -0.1) is 0 Å². The first-order chi connectivity index (χ1) is 27.5. The molecule has 0 bridgehead atoms. The largest absolute Gasteiger partial charge is 0.456 e. The minimum absolute atomic E-state index is 0.0126. The Labute approximate surface area is 284 Å². The van der Waals surface area contributed by atoms with Gasteiger partial charge in [-0.05, 0) is 71.0 Å². The fourth-order valence-electron chi connectivity index (χ4n) is 6.38. The number of benzene rings is 7. The smallest absolute Gasteiger partial charge is 0.227 e. The van der Waals surface area contributed by atoms with Crippen LogP contribution >= 0.6 is 0 Å². The van der Waals surface area contributed by atoms with Crippen molar-refractivity contribution >= 4 is 49.8 Å². The topological polar surface area (TPSA) is 42.4 Å². The summed E-state index contributed by atoms with van der Waals surface area (Å²) in [6.07, 6.45) is 0. The number of nitrogens with zero attached hydrogens (tertiary/aromatic N) is 2. The third-order valence-electron chi connectivity index (χ3n) is 8.47. The molecule has 0 saturated heterocycles. The van der Waals surface area contributed by atoms with Gasteiger partial charge in [-0.2, -0.15) is 0 Å². The van der Waals surface area contributed by atoms with Gasteiger partial charge in [0.05, 0.1) is 13.7 Å². The quantitative estimate of drug-likeness (QED) is 0.194. The van der Waals surface area contributed by atoms with Gasteiger partial charge in [0, 0.05) is 56.0 Å². The summed E-state index contributed by atoms with van der Waals surface area (Å²) >= 11 is 0. The Hall–Kier alpha value is -6.39. The van der Waals surface area contributed by atoms with Crippen LogP contribution in [0.3, 0.4) is 0 Å². The Morgan fingerprint density at radius 1 is 0.553 bits per heavy atom. The predicted molar refractivity (Wildman–Crippen MR) is 191 cm³/mol. The van der Waals surface area contributed by atoms with Gasteiger partial charge < -0.3 is 13.7 Å². The fraction of sp³-hybridized carbons (Fsp3) is 0. The van der Waals surface area contributed by atoms with E-state index in [-0.39, 0.29) is 74.7 Å². The highest BCUT2D eigenvalue weighted by atomic mass is 16.4. The molecule has 0 saturated carbocycles. The van der Waals surface area contributed by atoms with Crippen molar-refractivity contribution in [3.05, 3.63) is 157 Å². The number of oxazole rings is 1. The monoisotopic (exact) mass is 612 g/mol. The van der Waals surface area contributed by atoms with Gasteiger partial charge >= 0.3 is 0 Å². The first kappa shape index (κ1) is 17.9. The molecule has 47 heavy (non-hydrogen) atoms. The molecular weight excluding hydrogens is 576 g/mol. The molecule has 1 aliphatic carbocycles. The molecule has 0 unspecified atom stereocenters. The third kappa shape index (κ3) is 4.05. The number of hydrogen-bond acceptors (Lipinski definition) is 4. The maximum Gasteiger partial charge on any atom is 0.227 e. The molecule has 2 aromatic heterocycles. The molecule has 1 aliphatic rings. The lowest BCUT2D eigenvalue weighted by atomic mass is 10.0. The summed E-state index contributed by atoms with van der Waals surface area (Å²) in [6.45, 7) is 0. The van der Waals surface area contributed by atoms with Crippen LogP contribution in [0.15, 0.2) is 166 Å². The van der Waals surface area contributed by atoms with Crippen LogP contribution in [0.2, 0.25) is 0 Å². The molecule has 2 heterocycles. The average molecular weight is 613 g/mol. The van der Waals surface area contributed by atoms with Crippen molar-refractivity contribution in [2.45, 2.75) is 0 Å². The van der Waals surface area contributed by atoms with Crippen LogP contribution in [0.1, 0.15) is 13.7 Å². The van der Waals surface area contributed by atoms with Crippen molar-refractivity contribution < 1.29 is 22.5 Å². The standard InChI is InChI=1S/C43H26N2O2/c1-3-11-27(12-4-1)29-15-9-17-31(23-29)45(32-21-22-35-34-18-7-8-20-38(34)46-39(35)26-32)33-24-30-16-10-19-36-40(30)37(25-33)41-42(36)47-43(44-41)28-13-5-2-6-14-28/h1-26H/i2D,5D,6D,10D,13D,14D,16D,19D,24D,25D. The van der Waals surface area contributed by atoms with E-state index in [1.54, 1.807) is 4.90 Å². The van der Waals surface area contributed by atoms with Crippen LogP contribution in [0.25, 0.3) is 77.9 Å². The van der Waals surface area contributed by atoms with Crippen molar-refractivity contribution in [3.8, 4) is 45.2 Å². The lowest BCUT2D eigenvalue weighted by molar-refractivity contribution is 0.590. The second kappa shape index (κ2) is 10.1. The van der Waals surface area contributed by atoms with E-state index in [0.29, 0.717) is 22.5 Å². The molecule has 0 spiro atoms. The van der Waals surface area contributed by atoms with Crippen LogP contribution in [-0.4, -0.2) is 4.98 Å². The molecule has 9 aromatic rings. The number of fused-ring (bicyclic) bond motifs is 6. The van der Waals surface area contributed by atoms with Crippen molar-refractivity contribution in [2.24, 2.45) is 0 Å². The highest BCUT2D eigenvalue weighted by Gasteiger charge is 2.29. The first-order valence-corrected chi connectivity index (χ1v) is 15.0. The summed E-state index contributed by atoms with van der Waals surface area (Å²) in [5.41, 5.74) is 4.13. The minimum atomic E-state index is -0.587. The van der Waals surface area contributed by atoms with Crippen LogP contribution in [0, 0.1) is 0 Å². The Balaban J connectivity index is 1.29. The van der Waals surface area contributed by atoms with E-state index in [1.807, 2.05) is 97.1 Å². The molecule has 0 amide bonds. The molecule has 0 N–H and O–H groups in total. The minimum Gasteiger partial charge on any atom is -0.456 e. The van der Waals surface area contributed by atoms with Crippen molar-refractivity contribution in [1.82, 2.24) is 4.98 Å². The zero-order chi connectivity index (χ0) is 39.6. The number of aromatic nitrogens is 1. The lowest BCUT2D eigenvalue weighted by Crippen LogP contribution is -2.10. The van der Waals surface area contributed by atoms with E-state index in [1.165, 1.54) is 0 Å². The third-order valence-corrected chi connectivity index (χ3v) is 8.47. The Bertz CT molecular complexity index is 3180. The van der Waals surface area contributed by atoms with E-state index in [4.69, 9.17) is 19.8 Å². The number of hydrogen-bond donors (Lipinski definition) is 0. The van der Waals surface area contributed by atoms with Gasteiger partial charge in [-0.1, -0.05) is 96.9 Å². The van der Waals surface area contributed by atoms with E-state index >= 15 is 0 Å².